The predicted octanol–water partition coefficient (Wildman–Crippen LogP) is 3.08. The average Bonchev–Trinajstić information content (AvgIpc) is 3.43. The van der Waals surface area contributed by atoms with Crippen LogP contribution in [0.1, 0.15) is 40.2 Å². The van der Waals surface area contributed by atoms with Crippen LogP contribution in [0.15, 0.2) is 41.8 Å². The van der Waals surface area contributed by atoms with Gasteiger partial charge in [-0.05, 0) is 44.4 Å². The molecule has 2 aliphatic rings. The molecule has 0 spiro atoms. The molecule has 2 saturated heterocycles. The number of aromatic nitrogens is 1. The number of ketones is 1. The summed E-state index contributed by atoms with van der Waals surface area (Å²) in [7, 11) is -3.48. The minimum Gasteiger partial charge on any atom is -0.376 e. The van der Waals surface area contributed by atoms with E-state index in [0.29, 0.717) is 32.7 Å². The summed E-state index contributed by atoms with van der Waals surface area (Å²) in [5.74, 6) is 0.0852. The molecule has 2 aliphatic heterocycles. The SMILES string of the molecule is Cc1cc(C(=O)CN2CCN(S(=O)(=O)/C=C/c3ccccc3)CC2)c(C)n1CC1CCCO1. The summed E-state index contributed by atoms with van der Waals surface area (Å²) >= 11 is 0. The van der Waals surface area contributed by atoms with Gasteiger partial charge in [0, 0.05) is 61.7 Å². The number of sulfonamides is 1. The van der Waals surface area contributed by atoms with Crippen molar-refractivity contribution in [2.24, 2.45) is 0 Å². The highest BCUT2D eigenvalue weighted by Crippen LogP contribution is 2.21. The van der Waals surface area contributed by atoms with Gasteiger partial charge in [-0.3, -0.25) is 9.69 Å². The van der Waals surface area contributed by atoms with Crippen LogP contribution in [0.2, 0.25) is 0 Å². The molecule has 178 valence electrons. The number of ether oxygens (including phenoxy) is 1. The number of nitrogens with zero attached hydrogens (tertiary/aromatic N) is 3. The third-order valence-electron chi connectivity index (χ3n) is 6.57. The second-order valence-electron chi connectivity index (χ2n) is 8.89. The molecule has 4 rings (SSSR count). The Bertz CT molecular complexity index is 1090. The van der Waals surface area contributed by atoms with E-state index in [4.69, 9.17) is 4.74 Å². The monoisotopic (exact) mass is 471 g/mol. The lowest BCUT2D eigenvalue weighted by Gasteiger charge is -2.32. The second kappa shape index (κ2) is 10.3. The summed E-state index contributed by atoms with van der Waals surface area (Å²) in [5, 5.41) is 1.27. The van der Waals surface area contributed by atoms with Crippen molar-refractivity contribution in [2.45, 2.75) is 39.3 Å². The van der Waals surface area contributed by atoms with Crippen molar-refractivity contribution in [3.63, 3.8) is 0 Å². The van der Waals surface area contributed by atoms with Gasteiger partial charge in [-0.25, -0.2) is 8.42 Å². The first kappa shape index (κ1) is 23.9. The summed E-state index contributed by atoms with van der Waals surface area (Å²) in [6, 6.07) is 11.4. The Morgan fingerprint density at radius 2 is 1.85 bits per heavy atom. The fourth-order valence-corrected chi connectivity index (χ4v) is 5.77. The lowest BCUT2D eigenvalue weighted by molar-refractivity contribution is 0.0896. The normalized spacial score (nSPS) is 20.6. The van der Waals surface area contributed by atoms with E-state index in [2.05, 4.69) is 4.57 Å². The van der Waals surface area contributed by atoms with Crippen molar-refractivity contribution in [2.75, 3.05) is 39.3 Å². The Hall–Kier alpha value is -2.26. The molecule has 1 aromatic heterocycles. The predicted molar refractivity (Wildman–Crippen MR) is 130 cm³/mol. The number of hydrogen-bond acceptors (Lipinski definition) is 5. The molecule has 0 aliphatic carbocycles. The highest BCUT2D eigenvalue weighted by Gasteiger charge is 2.27. The van der Waals surface area contributed by atoms with Gasteiger partial charge in [-0.15, -0.1) is 0 Å². The molecule has 1 unspecified atom stereocenters. The highest BCUT2D eigenvalue weighted by atomic mass is 32.2. The van der Waals surface area contributed by atoms with Crippen LogP contribution in [0.3, 0.4) is 0 Å². The van der Waals surface area contributed by atoms with Crippen LogP contribution in [0.25, 0.3) is 6.08 Å². The molecule has 8 heteroatoms. The van der Waals surface area contributed by atoms with E-state index in [1.165, 1.54) is 9.71 Å². The first-order chi connectivity index (χ1) is 15.8. The number of piperazine rings is 1. The van der Waals surface area contributed by atoms with E-state index in [9.17, 15) is 13.2 Å². The zero-order chi connectivity index (χ0) is 23.4. The summed E-state index contributed by atoms with van der Waals surface area (Å²) in [6.07, 6.45) is 4.01. The van der Waals surface area contributed by atoms with Gasteiger partial charge in [0.2, 0.25) is 10.0 Å². The first-order valence-corrected chi connectivity index (χ1v) is 13.1. The van der Waals surface area contributed by atoms with Crippen molar-refractivity contribution >= 4 is 21.9 Å². The fourth-order valence-electron chi connectivity index (χ4n) is 4.60. The standard InChI is InChI=1S/C25H33N3O4S/c1-20-17-24(21(2)28(20)18-23-9-6-15-32-23)25(29)19-26-11-13-27(14-12-26)33(30,31)16-10-22-7-4-3-5-8-22/h3-5,7-8,10,16-17,23H,6,9,11-15,18-19H2,1-2H3/b16-10+. The van der Waals surface area contributed by atoms with Gasteiger partial charge >= 0.3 is 0 Å². The molecule has 7 nitrogen and oxygen atoms in total. The maximum absolute atomic E-state index is 13.0. The van der Waals surface area contributed by atoms with E-state index in [1.807, 2.05) is 55.1 Å². The Balaban J connectivity index is 1.32. The van der Waals surface area contributed by atoms with Crippen molar-refractivity contribution in [1.82, 2.24) is 13.8 Å². The first-order valence-electron chi connectivity index (χ1n) is 11.6. The lowest BCUT2D eigenvalue weighted by Crippen LogP contribution is -2.49. The molecule has 2 fully saturated rings. The number of carbonyl (C=O) groups is 1. The quantitative estimate of drug-likeness (QED) is 0.554. The number of carbonyl (C=O) groups excluding carboxylic acids is 1. The Kier molecular flexibility index (Phi) is 7.48. The zero-order valence-corrected chi connectivity index (χ0v) is 20.3. The molecule has 33 heavy (non-hydrogen) atoms. The molecular formula is C25H33N3O4S. The number of benzene rings is 1. The Morgan fingerprint density at radius 3 is 2.52 bits per heavy atom. The smallest absolute Gasteiger partial charge is 0.236 e. The largest absolute Gasteiger partial charge is 0.376 e. The van der Waals surface area contributed by atoms with Crippen LogP contribution < -0.4 is 0 Å². The maximum Gasteiger partial charge on any atom is 0.236 e. The van der Waals surface area contributed by atoms with Gasteiger partial charge in [0.05, 0.1) is 12.6 Å². The van der Waals surface area contributed by atoms with E-state index < -0.39 is 10.0 Å². The van der Waals surface area contributed by atoms with E-state index in [1.54, 1.807) is 6.08 Å². The number of hydrogen-bond donors (Lipinski definition) is 0. The lowest BCUT2D eigenvalue weighted by atomic mass is 10.1. The van der Waals surface area contributed by atoms with Crippen LogP contribution in [-0.4, -0.2) is 73.4 Å². The van der Waals surface area contributed by atoms with Gasteiger partial charge in [-0.1, -0.05) is 30.3 Å². The van der Waals surface area contributed by atoms with E-state index >= 15 is 0 Å². The van der Waals surface area contributed by atoms with Gasteiger partial charge in [-0.2, -0.15) is 4.31 Å². The van der Waals surface area contributed by atoms with Crippen LogP contribution in [-0.2, 0) is 21.3 Å². The fraction of sp³-hybridized carbons (Fsp3) is 0.480. The van der Waals surface area contributed by atoms with Gasteiger partial charge in [0.25, 0.3) is 0 Å². The number of aryl methyl sites for hydroxylation is 1. The topological polar surface area (TPSA) is 71.9 Å². The van der Waals surface area contributed by atoms with E-state index in [-0.39, 0.29) is 11.9 Å². The molecule has 1 atom stereocenters. The average molecular weight is 472 g/mol. The van der Waals surface area contributed by atoms with Crippen molar-refractivity contribution in [3.05, 3.63) is 64.3 Å². The van der Waals surface area contributed by atoms with Crippen molar-refractivity contribution in [1.29, 1.82) is 0 Å². The summed E-state index contributed by atoms with van der Waals surface area (Å²) < 4.78 is 34.8. The van der Waals surface area contributed by atoms with Crippen LogP contribution >= 0.6 is 0 Å². The zero-order valence-electron chi connectivity index (χ0n) is 19.4. The molecule has 2 aromatic rings. The van der Waals surface area contributed by atoms with E-state index in [0.717, 1.165) is 48.5 Å². The third kappa shape index (κ3) is 5.81. The van der Waals surface area contributed by atoms with Crippen LogP contribution in [0.4, 0.5) is 0 Å². The Labute approximate surface area is 196 Å². The van der Waals surface area contributed by atoms with Crippen molar-refractivity contribution < 1.29 is 17.9 Å². The van der Waals surface area contributed by atoms with Gasteiger partial charge in [0.15, 0.2) is 5.78 Å². The van der Waals surface area contributed by atoms with Crippen molar-refractivity contribution in [3.8, 4) is 0 Å². The molecule has 3 heterocycles. The molecular weight excluding hydrogens is 438 g/mol. The van der Waals surface area contributed by atoms with Gasteiger partial charge < -0.3 is 9.30 Å². The molecule has 1 aromatic carbocycles. The molecule has 0 saturated carbocycles. The minimum absolute atomic E-state index is 0.0852. The second-order valence-corrected chi connectivity index (χ2v) is 10.7. The highest BCUT2D eigenvalue weighted by molar-refractivity contribution is 7.92. The summed E-state index contributed by atoms with van der Waals surface area (Å²) in [5.41, 5.74) is 3.67. The summed E-state index contributed by atoms with van der Waals surface area (Å²) in [4.78, 5) is 15.1. The number of Topliss-reactive ketones (excluding diaryl/α,β-unsaturated/α-hetero) is 1. The molecule has 0 amide bonds. The third-order valence-corrected chi connectivity index (χ3v) is 8.14. The Morgan fingerprint density at radius 1 is 1.12 bits per heavy atom. The van der Waals surface area contributed by atoms with Crippen LogP contribution in [0.5, 0.6) is 0 Å². The van der Waals surface area contributed by atoms with Gasteiger partial charge in [0.1, 0.15) is 0 Å². The minimum atomic E-state index is -3.48. The molecule has 0 radical (unpaired) electrons. The number of rotatable bonds is 8. The molecule has 0 bridgehead atoms. The van der Waals surface area contributed by atoms with Crippen LogP contribution in [0, 0.1) is 13.8 Å². The maximum atomic E-state index is 13.0. The molecule has 0 N–H and O–H groups in total. The summed E-state index contributed by atoms with van der Waals surface area (Å²) in [6.45, 7) is 7.79.